The SMILES string of the molecule is O=C1CC(c2ccccc2)CC(=O)C1=CO.[Li]. The van der Waals surface area contributed by atoms with Gasteiger partial charge in [0.25, 0.3) is 0 Å². The summed E-state index contributed by atoms with van der Waals surface area (Å²) in [5, 5.41) is 8.78. The minimum absolute atomic E-state index is 0. The van der Waals surface area contributed by atoms with Gasteiger partial charge in [-0.25, -0.2) is 0 Å². The number of hydrogen-bond donors (Lipinski definition) is 1. The van der Waals surface area contributed by atoms with Gasteiger partial charge < -0.3 is 5.11 Å². The van der Waals surface area contributed by atoms with Gasteiger partial charge in [0.1, 0.15) is 0 Å². The molecule has 1 aliphatic carbocycles. The van der Waals surface area contributed by atoms with Crippen molar-refractivity contribution in [3.63, 3.8) is 0 Å². The molecule has 4 heteroatoms. The first-order valence-electron chi connectivity index (χ1n) is 5.18. The van der Waals surface area contributed by atoms with Gasteiger partial charge in [-0.3, -0.25) is 9.59 Å². The monoisotopic (exact) mass is 223 g/mol. The maximum atomic E-state index is 11.6. The molecule has 1 aromatic rings. The van der Waals surface area contributed by atoms with Gasteiger partial charge in [-0.05, 0) is 11.5 Å². The molecular formula is C13H12LiO3. The van der Waals surface area contributed by atoms with E-state index in [2.05, 4.69) is 0 Å². The van der Waals surface area contributed by atoms with Gasteiger partial charge in [0.2, 0.25) is 0 Å². The Kier molecular flexibility index (Phi) is 4.74. The quantitative estimate of drug-likeness (QED) is 0.341. The van der Waals surface area contributed by atoms with Crippen LogP contribution in [0.25, 0.3) is 0 Å². The van der Waals surface area contributed by atoms with Crippen molar-refractivity contribution >= 4 is 30.4 Å². The normalized spacial score (nSPS) is 19.8. The van der Waals surface area contributed by atoms with Crippen molar-refractivity contribution in [1.29, 1.82) is 0 Å². The summed E-state index contributed by atoms with van der Waals surface area (Å²) >= 11 is 0. The summed E-state index contributed by atoms with van der Waals surface area (Å²) < 4.78 is 0. The minimum atomic E-state index is -0.271. The fraction of sp³-hybridized carbons (Fsp3) is 0.231. The van der Waals surface area contributed by atoms with E-state index >= 15 is 0 Å². The molecule has 1 fully saturated rings. The maximum absolute atomic E-state index is 11.6. The number of ketones is 2. The van der Waals surface area contributed by atoms with Crippen molar-refractivity contribution in [3.05, 3.63) is 47.7 Å². The van der Waals surface area contributed by atoms with E-state index in [9.17, 15) is 9.59 Å². The molecule has 3 nitrogen and oxygen atoms in total. The van der Waals surface area contributed by atoms with Crippen molar-refractivity contribution in [2.45, 2.75) is 18.8 Å². The molecule has 0 atom stereocenters. The Morgan fingerprint density at radius 3 is 2.06 bits per heavy atom. The van der Waals surface area contributed by atoms with Crippen LogP contribution in [0, 0.1) is 0 Å². The number of rotatable bonds is 1. The van der Waals surface area contributed by atoms with Crippen LogP contribution in [0.5, 0.6) is 0 Å². The number of allylic oxidation sites excluding steroid dienone is 1. The Bertz CT molecular complexity index is 431. The van der Waals surface area contributed by atoms with Crippen LogP contribution in [-0.4, -0.2) is 35.5 Å². The zero-order valence-corrected chi connectivity index (χ0v) is 9.72. The van der Waals surface area contributed by atoms with E-state index in [1.807, 2.05) is 30.3 Å². The summed E-state index contributed by atoms with van der Waals surface area (Å²) in [6, 6.07) is 9.51. The summed E-state index contributed by atoms with van der Waals surface area (Å²) in [5.74, 6) is -0.592. The summed E-state index contributed by atoms with van der Waals surface area (Å²) in [7, 11) is 0. The largest absolute Gasteiger partial charge is 0.515 e. The van der Waals surface area contributed by atoms with E-state index in [-0.39, 0.29) is 41.9 Å². The van der Waals surface area contributed by atoms with Gasteiger partial charge in [-0.1, -0.05) is 30.3 Å². The van der Waals surface area contributed by atoms with Crippen molar-refractivity contribution in [2.75, 3.05) is 0 Å². The number of carbonyl (C=O) groups excluding carboxylic acids is 2. The van der Waals surface area contributed by atoms with Crippen LogP contribution < -0.4 is 0 Å². The summed E-state index contributed by atoms with van der Waals surface area (Å²) in [6.07, 6.45) is 1.22. The van der Waals surface area contributed by atoms with Crippen LogP contribution >= 0.6 is 0 Å². The zero-order valence-electron chi connectivity index (χ0n) is 9.72. The van der Waals surface area contributed by atoms with Gasteiger partial charge in [0, 0.05) is 31.7 Å². The first-order valence-corrected chi connectivity index (χ1v) is 5.18. The van der Waals surface area contributed by atoms with E-state index in [0.717, 1.165) is 5.56 Å². The molecule has 0 unspecified atom stereocenters. The van der Waals surface area contributed by atoms with Crippen molar-refractivity contribution in [2.24, 2.45) is 0 Å². The average Bonchev–Trinajstić information content (AvgIpc) is 2.30. The molecule has 1 saturated carbocycles. The Balaban J connectivity index is 0.00000144. The average molecular weight is 223 g/mol. The van der Waals surface area contributed by atoms with Crippen molar-refractivity contribution < 1.29 is 14.7 Å². The van der Waals surface area contributed by atoms with Crippen LogP contribution in [0.3, 0.4) is 0 Å². The number of Topliss-reactive ketones (excluding diaryl/α,β-unsaturated/α-hetero) is 2. The van der Waals surface area contributed by atoms with Gasteiger partial charge in [-0.15, -0.1) is 0 Å². The second-order valence-corrected chi connectivity index (χ2v) is 3.90. The molecule has 0 amide bonds. The molecule has 1 aliphatic rings. The molecule has 1 radical (unpaired) electrons. The minimum Gasteiger partial charge on any atom is -0.515 e. The molecule has 2 rings (SSSR count). The van der Waals surface area contributed by atoms with Gasteiger partial charge in [0.05, 0.1) is 11.8 Å². The Hall–Kier alpha value is -1.30. The molecule has 0 bridgehead atoms. The second-order valence-electron chi connectivity index (χ2n) is 3.90. The van der Waals surface area contributed by atoms with Crippen molar-refractivity contribution in [3.8, 4) is 0 Å². The molecule has 0 aromatic heterocycles. The Morgan fingerprint density at radius 2 is 1.59 bits per heavy atom. The van der Waals surface area contributed by atoms with E-state index in [4.69, 9.17) is 5.11 Å². The summed E-state index contributed by atoms with van der Waals surface area (Å²) in [5.41, 5.74) is 0.938. The number of aliphatic hydroxyl groups is 1. The number of carbonyl (C=O) groups is 2. The number of benzene rings is 1. The predicted octanol–water partition coefficient (Wildman–Crippen LogP) is 1.76. The van der Waals surface area contributed by atoms with E-state index in [1.54, 1.807) is 0 Å². The topological polar surface area (TPSA) is 54.4 Å². The molecule has 0 saturated heterocycles. The standard InChI is InChI=1S/C13H12O3.Li/c14-8-11-12(15)6-10(7-13(11)16)9-4-2-1-3-5-9;/h1-5,8,10,14H,6-7H2;. The Labute approximate surface area is 112 Å². The first kappa shape index (κ1) is 13.8. The molecule has 0 spiro atoms. The maximum Gasteiger partial charge on any atom is 0.170 e. The van der Waals surface area contributed by atoms with E-state index < -0.39 is 0 Å². The van der Waals surface area contributed by atoms with Crippen LogP contribution in [0.1, 0.15) is 24.3 Å². The van der Waals surface area contributed by atoms with E-state index in [0.29, 0.717) is 19.1 Å². The third kappa shape index (κ3) is 2.88. The molecule has 17 heavy (non-hydrogen) atoms. The third-order valence-corrected chi connectivity index (χ3v) is 2.86. The second kappa shape index (κ2) is 5.86. The van der Waals surface area contributed by atoms with Crippen LogP contribution in [-0.2, 0) is 9.59 Å². The first-order chi connectivity index (χ1) is 7.72. The fourth-order valence-electron chi connectivity index (χ4n) is 2.00. The third-order valence-electron chi connectivity index (χ3n) is 2.86. The molecule has 1 N–H and O–H groups in total. The van der Waals surface area contributed by atoms with Gasteiger partial charge in [-0.2, -0.15) is 0 Å². The van der Waals surface area contributed by atoms with Gasteiger partial charge >= 0.3 is 0 Å². The number of hydrogen-bond acceptors (Lipinski definition) is 3. The molecule has 83 valence electrons. The molecular weight excluding hydrogens is 211 g/mol. The molecule has 1 aromatic carbocycles. The summed E-state index contributed by atoms with van der Waals surface area (Å²) in [4.78, 5) is 23.1. The van der Waals surface area contributed by atoms with Gasteiger partial charge in [0.15, 0.2) is 11.6 Å². The Morgan fingerprint density at radius 1 is 1.06 bits per heavy atom. The van der Waals surface area contributed by atoms with Crippen LogP contribution in [0.4, 0.5) is 0 Å². The zero-order chi connectivity index (χ0) is 11.5. The van der Waals surface area contributed by atoms with Crippen LogP contribution in [0.2, 0.25) is 0 Å². The van der Waals surface area contributed by atoms with E-state index in [1.165, 1.54) is 0 Å². The predicted molar refractivity (Wildman–Crippen MR) is 64.9 cm³/mol. The molecule has 0 aliphatic heterocycles. The fourth-order valence-corrected chi connectivity index (χ4v) is 2.00. The smallest absolute Gasteiger partial charge is 0.170 e. The number of aliphatic hydroxyl groups excluding tert-OH is 1. The summed E-state index contributed by atoms with van der Waals surface area (Å²) in [6.45, 7) is 0. The molecule has 0 heterocycles. The van der Waals surface area contributed by atoms with Crippen LogP contribution in [0.15, 0.2) is 42.2 Å². The van der Waals surface area contributed by atoms with Crippen molar-refractivity contribution in [1.82, 2.24) is 0 Å².